The first-order chi connectivity index (χ1) is 13.7. The van der Waals surface area contributed by atoms with Gasteiger partial charge in [-0.1, -0.05) is 54.6 Å². The highest BCUT2D eigenvalue weighted by Gasteiger charge is 2.11. The number of aromatic nitrogens is 2. The first kappa shape index (κ1) is 16.7. The predicted molar refractivity (Wildman–Crippen MR) is 109 cm³/mol. The van der Waals surface area contributed by atoms with Crippen LogP contribution >= 0.6 is 0 Å². The van der Waals surface area contributed by atoms with Gasteiger partial charge in [-0.2, -0.15) is 0 Å². The molecule has 0 aliphatic rings. The van der Waals surface area contributed by atoms with Crippen molar-refractivity contribution in [3.05, 3.63) is 96.6 Å². The molecule has 3 aromatic carbocycles. The molecule has 5 aromatic rings. The maximum absolute atomic E-state index is 14.6. The number of pyridine rings is 1. The number of aliphatic hydroxyl groups is 1. The van der Waals surface area contributed by atoms with E-state index in [1.807, 2.05) is 41.1 Å². The Morgan fingerprint density at radius 1 is 0.821 bits per heavy atom. The van der Waals surface area contributed by atoms with E-state index in [1.165, 1.54) is 10.8 Å². The van der Waals surface area contributed by atoms with Gasteiger partial charge in [-0.05, 0) is 29.0 Å². The quantitative estimate of drug-likeness (QED) is 0.460. The van der Waals surface area contributed by atoms with Crippen LogP contribution in [-0.4, -0.2) is 14.5 Å². The van der Waals surface area contributed by atoms with Crippen LogP contribution in [0.15, 0.2) is 85.2 Å². The van der Waals surface area contributed by atoms with Gasteiger partial charge < -0.3 is 9.51 Å². The fourth-order valence-electron chi connectivity index (χ4n) is 3.56. The van der Waals surface area contributed by atoms with E-state index in [9.17, 15) is 9.50 Å². The lowest BCUT2D eigenvalue weighted by Gasteiger charge is -2.07. The molecule has 2 heterocycles. The van der Waals surface area contributed by atoms with Crippen LogP contribution in [0.3, 0.4) is 0 Å². The van der Waals surface area contributed by atoms with E-state index < -0.39 is 0 Å². The molecule has 0 saturated heterocycles. The summed E-state index contributed by atoms with van der Waals surface area (Å²) in [6, 6.07) is 23.3. The summed E-state index contributed by atoms with van der Waals surface area (Å²) in [4.78, 5) is 4.71. The summed E-state index contributed by atoms with van der Waals surface area (Å²) in [6.07, 6.45) is 3.82. The number of rotatable bonds is 3. The number of hydrogen-bond acceptors (Lipinski definition) is 2. The average Bonchev–Trinajstić information content (AvgIpc) is 3.17. The van der Waals surface area contributed by atoms with Gasteiger partial charge in [0, 0.05) is 34.6 Å². The number of imidazole rings is 1. The highest BCUT2D eigenvalue weighted by molar-refractivity contribution is 5.87. The van der Waals surface area contributed by atoms with Crippen molar-refractivity contribution in [2.75, 3.05) is 0 Å². The second kappa shape index (κ2) is 6.59. The van der Waals surface area contributed by atoms with Crippen molar-refractivity contribution in [2.45, 2.75) is 6.61 Å². The lowest BCUT2D eigenvalue weighted by molar-refractivity contribution is 0.276. The molecule has 3 nitrogen and oxygen atoms in total. The van der Waals surface area contributed by atoms with Gasteiger partial charge in [0.2, 0.25) is 0 Å². The van der Waals surface area contributed by atoms with E-state index in [1.54, 1.807) is 18.2 Å². The van der Waals surface area contributed by atoms with Crippen molar-refractivity contribution < 1.29 is 9.50 Å². The molecule has 0 atom stereocenters. The fourth-order valence-corrected chi connectivity index (χ4v) is 3.56. The Hall–Kier alpha value is -3.50. The standard InChI is InChI=1S/C24H17FN2O/c25-24-20(15-28)6-3-7-21(24)19-10-11-23-26-22(14-27(23)13-19)18-9-8-16-4-1-2-5-17(16)12-18/h1-14,28H,15H2. The third-order valence-corrected chi connectivity index (χ3v) is 5.06. The number of nitrogens with zero attached hydrogens (tertiary/aromatic N) is 2. The van der Waals surface area contributed by atoms with Gasteiger partial charge in [-0.3, -0.25) is 0 Å². The molecule has 5 rings (SSSR count). The second-order valence-electron chi connectivity index (χ2n) is 6.81. The van der Waals surface area contributed by atoms with Gasteiger partial charge in [-0.25, -0.2) is 9.37 Å². The van der Waals surface area contributed by atoms with Gasteiger partial charge in [0.1, 0.15) is 11.5 Å². The van der Waals surface area contributed by atoms with E-state index in [0.717, 1.165) is 22.5 Å². The molecule has 0 fully saturated rings. The summed E-state index contributed by atoms with van der Waals surface area (Å²) in [7, 11) is 0. The van der Waals surface area contributed by atoms with Crippen molar-refractivity contribution >= 4 is 16.4 Å². The topological polar surface area (TPSA) is 37.5 Å². The Morgan fingerprint density at radius 2 is 1.64 bits per heavy atom. The van der Waals surface area contributed by atoms with Crippen LogP contribution in [0.1, 0.15) is 5.56 Å². The van der Waals surface area contributed by atoms with Gasteiger partial charge in [0.15, 0.2) is 0 Å². The monoisotopic (exact) mass is 368 g/mol. The summed E-state index contributed by atoms with van der Waals surface area (Å²) in [5.74, 6) is -0.390. The van der Waals surface area contributed by atoms with Crippen LogP contribution in [-0.2, 0) is 6.61 Å². The van der Waals surface area contributed by atoms with Gasteiger partial charge >= 0.3 is 0 Å². The molecule has 0 radical (unpaired) electrons. The van der Waals surface area contributed by atoms with E-state index in [4.69, 9.17) is 4.98 Å². The Morgan fingerprint density at radius 3 is 2.50 bits per heavy atom. The summed E-state index contributed by atoms with van der Waals surface area (Å²) in [5.41, 5.74) is 4.20. The second-order valence-corrected chi connectivity index (χ2v) is 6.81. The number of aliphatic hydroxyl groups excluding tert-OH is 1. The first-order valence-corrected chi connectivity index (χ1v) is 9.09. The Labute approximate surface area is 161 Å². The van der Waals surface area contributed by atoms with Crippen LogP contribution in [0.4, 0.5) is 4.39 Å². The minimum absolute atomic E-state index is 0.292. The Bertz CT molecular complexity index is 1320. The Balaban J connectivity index is 1.60. The molecule has 0 bridgehead atoms. The van der Waals surface area contributed by atoms with Crippen LogP contribution in [0.5, 0.6) is 0 Å². The number of halogens is 1. The molecule has 0 amide bonds. The zero-order chi connectivity index (χ0) is 19.1. The molecule has 0 aliphatic heterocycles. The highest BCUT2D eigenvalue weighted by atomic mass is 19.1. The number of fused-ring (bicyclic) bond motifs is 2. The van der Waals surface area contributed by atoms with Crippen LogP contribution < -0.4 is 0 Å². The third-order valence-electron chi connectivity index (χ3n) is 5.06. The minimum atomic E-state index is -0.390. The predicted octanol–water partition coefficient (Wildman–Crippen LogP) is 5.45. The van der Waals surface area contributed by atoms with Crippen molar-refractivity contribution in [1.82, 2.24) is 9.38 Å². The van der Waals surface area contributed by atoms with Crippen molar-refractivity contribution in [2.24, 2.45) is 0 Å². The lowest BCUT2D eigenvalue weighted by atomic mass is 10.0. The third kappa shape index (κ3) is 2.75. The molecule has 1 N–H and O–H groups in total. The molecule has 28 heavy (non-hydrogen) atoms. The van der Waals surface area contributed by atoms with Crippen LogP contribution in [0.2, 0.25) is 0 Å². The largest absolute Gasteiger partial charge is 0.392 e. The van der Waals surface area contributed by atoms with Gasteiger partial charge in [0.05, 0.1) is 12.3 Å². The summed E-state index contributed by atoms with van der Waals surface area (Å²) in [6.45, 7) is -0.320. The van der Waals surface area contributed by atoms with E-state index in [0.29, 0.717) is 11.1 Å². The van der Waals surface area contributed by atoms with E-state index >= 15 is 0 Å². The molecular weight excluding hydrogens is 351 g/mol. The molecular formula is C24H17FN2O. The van der Waals surface area contributed by atoms with Crippen molar-refractivity contribution in [1.29, 1.82) is 0 Å². The van der Waals surface area contributed by atoms with Crippen LogP contribution in [0.25, 0.3) is 38.8 Å². The molecule has 136 valence electrons. The minimum Gasteiger partial charge on any atom is -0.392 e. The summed E-state index contributed by atoms with van der Waals surface area (Å²) < 4.78 is 16.5. The van der Waals surface area contributed by atoms with Gasteiger partial charge in [0.25, 0.3) is 0 Å². The SMILES string of the molecule is OCc1cccc(-c2ccc3nc(-c4ccc5ccccc5c4)cn3c2)c1F. The summed E-state index contributed by atoms with van der Waals surface area (Å²) in [5, 5.41) is 11.7. The van der Waals surface area contributed by atoms with Crippen molar-refractivity contribution in [3.8, 4) is 22.4 Å². The smallest absolute Gasteiger partial charge is 0.137 e. The Kier molecular flexibility index (Phi) is 3.92. The molecule has 0 aliphatic carbocycles. The number of benzene rings is 3. The molecule has 0 saturated carbocycles. The number of hydrogen-bond donors (Lipinski definition) is 1. The molecule has 0 unspecified atom stereocenters. The van der Waals surface area contributed by atoms with Crippen LogP contribution in [0, 0.1) is 5.82 Å². The fraction of sp³-hybridized carbons (Fsp3) is 0.0417. The highest BCUT2D eigenvalue weighted by Crippen LogP contribution is 2.28. The molecule has 0 spiro atoms. The van der Waals surface area contributed by atoms with E-state index in [2.05, 4.69) is 30.3 Å². The summed E-state index contributed by atoms with van der Waals surface area (Å²) >= 11 is 0. The normalized spacial score (nSPS) is 11.4. The zero-order valence-corrected chi connectivity index (χ0v) is 15.0. The van der Waals surface area contributed by atoms with Gasteiger partial charge in [-0.15, -0.1) is 0 Å². The zero-order valence-electron chi connectivity index (χ0n) is 15.0. The maximum Gasteiger partial charge on any atom is 0.137 e. The lowest BCUT2D eigenvalue weighted by Crippen LogP contribution is -1.94. The maximum atomic E-state index is 14.6. The molecule has 2 aromatic heterocycles. The average molecular weight is 368 g/mol. The first-order valence-electron chi connectivity index (χ1n) is 9.09. The molecule has 4 heteroatoms. The van der Waals surface area contributed by atoms with E-state index in [-0.39, 0.29) is 12.4 Å². The van der Waals surface area contributed by atoms with Crippen molar-refractivity contribution in [3.63, 3.8) is 0 Å².